The SMILES string of the molecule is COC(c1ccccc1OC(F)F)c1c(C)nc2ccc(Br)cn12. The van der Waals surface area contributed by atoms with Crippen LogP contribution < -0.4 is 4.74 Å². The first-order valence-electron chi connectivity index (χ1n) is 7.22. The van der Waals surface area contributed by atoms with Gasteiger partial charge in [-0.3, -0.25) is 4.40 Å². The highest BCUT2D eigenvalue weighted by Gasteiger charge is 2.25. The Morgan fingerprint density at radius 3 is 2.62 bits per heavy atom. The number of hydrogen-bond acceptors (Lipinski definition) is 3. The van der Waals surface area contributed by atoms with Crippen LogP contribution in [0.4, 0.5) is 8.78 Å². The smallest absolute Gasteiger partial charge is 0.387 e. The average Bonchev–Trinajstić information content (AvgIpc) is 2.85. The number of hydrogen-bond donors (Lipinski definition) is 0. The Kier molecular flexibility index (Phi) is 4.82. The fourth-order valence-electron chi connectivity index (χ4n) is 2.76. The quantitative estimate of drug-likeness (QED) is 0.624. The highest BCUT2D eigenvalue weighted by molar-refractivity contribution is 9.10. The van der Waals surface area contributed by atoms with E-state index in [9.17, 15) is 8.78 Å². The number of aryl methyl sites for hydroxylation is 1. The molecular weight excluding hydrogens is 382 g/mol. The molecule has 0 radical (unpaired) electrons. The molecule has 0 aliphatic carbocycles. The molecule has 0 aliphatic heterocycles. The van der Waals surface area contributed by atoms with Gasteiger partial charge < -0.3 is 9.47 Å². The summed E-state index contributed by atoms with van der Waals surface area (Å²) in [4.78, 5) is 4.51. The van der Waals surface area contributed by atoms with Crippen molar-refractivity contribution < 1.29 is 18.3 Å². The number of fused-ring (bicyclic) bond motifs is 1. The van der Waals surface area contributed by atoms with Crippen LogP contribution in [0.15, 0.2) is 47.1 Å². The Labute approximate surface area is 146 Å². The van der Waals surface area contributed by atoms with Crippen molar-refractivity contribution in [2.45, 2.75) is 19.6 Å². The molecule has 0 saturated carbocycles. The lowest BCUT2D eigenvalue weighted by atomic mass is 10.0. The third-order valence-electron chi connectivity index (χ3n) is 3.70. The van der Waals surface area contributed by atoms with E-state index in [0.29, 0.717) is 5.56 Å². The first-order chi connectivity index (χ1) is 11.5. The maximum atomic E-state index is 12.7. The summed E-state index contributed by atoms with van der Waals surface area (Å²) in [6.45, 7) is -1.04. The fraction of sp³-hybridized carbons (Fsp3) is 0.235. The van der Waals surface area contributed by atoms with E-state index in [2.05, 4.69) is 25.7 Å². The fourth-order valence-corrected chi connectivity index (χ4v) is 3.09. The molecule has 0 fully saturated rings. The Morgan fingerprint density at radius 1 is 1.17 bits per heavy atom. The van der Waals surface area contributed by atoms with Crippen LogP contribution in [0.1, 0.15) is 23.1 Å². The van der Waals surface area contributed by atoms with Crippen molar-refractivity contribution in [2.24, 2.45) is 0 Å². The number of pyridine rings is 1. The molecular formula is C17H15BrF2N2O2. The second-order valence-electron chi connectivity index (χ2n) is 5.19. The lowest BCUT2D eigenvalue weighted by Gasteiger charge is -2.20. The van der Waals surface area contributed by atoms with Crippen LogP contribution in [0, 0.1) is 6.92 Å². The first kappa shape index (κ1) is 16.9. The normalized spacial score (nSPS) is 12.8. The van der Waals surface area contributed by atoms with Crippen LogP contribution in [0.3, 0.4) is 0 Å². The summed E-state index contributed by atoms with van der Waals surface area (Å²) in [5.41, 5.74) is 2.79. The molecule has 0 spiro atoms. The van der Waals surface area contributed by atoms with Gasteiger partial charge in [0.25, 0.3) is 0 Å². The van der Waals surface area contributed by atoms with Gasteiger partial charge in [-0.2, -0.15) is 8.78 Å². The number of aromatic nitrogens is 2. The minimum absolute atomic E-state index is 0.0868. The summed E-state index contributed by atoms with van der Waals surface area (Å²) < 4.78 is 38.5. The third kappa shape index (κ3) is 3.14. The molecule has 0 amide bonds. The molecule has 1 atom stereocenters. The van der Waals surface area contributed by atoms with E-state index < -0.39 is 12.7 Å². The number of nitrogens with zero attached hydrogens (tertiary/aromatic N) is 2. The number of methoxy groups -OCH3 is 1. The van der Waals surface area contributed by atoms with Crippen molar-refractivity contribution in [2.75, 3.05) is 7.11 Å². The molecule has 1 unspecified atom stereocenters. The average molecular weight is 397 g/mol. The molecule has 0 saturated heterocycles. The maximum Gasteiger partial charge on any atom is 0.387 e. The lowest BCUT2D eigenvalue weighted by Crippen LogP contribution is -2.12. The minimum Gasteiger partial charge on any atom is -0.434 e. The lowest BCUT2D eigenvalue weighted by molar-refractivity contribution is -0.0516. The Hall–Kier alpha value is -1.99. The van der Waals surface area contributed by atoms with E-state index in [1.165, 1.54) is 13.2 Å². The van der Waals surface area contributed by atoms with Crippen LogP contribution in [-0.4, -0.2) is 23.1 Å². The summed E-state index contributed by atoms with van der Waals surface area (Å²) in [5, 5.41) is 0. The van der Waals surface area contributed by atoms with Crippen molar-refractivity contribution in [3.05, 3.63) is 64.0 Å². The minimum atomic E-state index is -2.90. The number of benzene rings is 1. The molecule has 4 nitrogen and oxygen atoms in total. The third-order valence-corrected chi connectivity index (χ3v) is 4.17. The van der Waals surface area contributed by atoms with E-state index in [4.69, 9.17) is 4.74 Å². The zero-order chi connectivity index (χ0) is 17.3. The summed E-state index contributed by atoms with van der Waals surface area (Å²) in [6.07, 6.45) is 1.28. The van der Waals surface area contributed by atoms with Gasteiger partial charge in [0.15, 0.2) is 0 Å². The zero-order valence-electron chi connectivity index (χ0n) is 13.0. The highest BCUT2D eigenvalue weighted by Crippen LogP contribution is 2.35. The van der Waals surface area contributed by atoms with Crippen LogP contribution in [0.5, 0.6) is 5.75 Å². The molecule has 0 aliphatic rings. The van der Waals surface area contributed by atoms with Gasteiger partial charge in [-0.25, -0.2) is 4.98 Å². The van der Waals surface area contributed by atoms with Crippen molar-refractivity contribution in [3.8, 4) is 5.75 Å². The first-order valence-corrected chi connectivity index (χ1v) is 8.01. The van der Waals surface area contributed by atoms with Gasteiger partial charge >= 0.3 is 6.61 Å². The summed E-state index contributed by atoms with van der Waals surface area (Å²) in [6, 6.07) is 10.4. The molecule has 3 rings (SSSR count). The molecule has 0 N–H and O–H groups in total. The second-order valence-corrected chi connectivity index (χ2v) is 6.11. The highest BCUT2D eigenvalue weighted by atomic mass is 79.9. The Morgan fingerprint density at radius 2 is 1.92 bits per heavy atom. The van der Waals surface area contributed by atoms with Crippen LogP contribution in [0.2, 0.25) is 0 Å². The second kappa shape index (κ2) is 6.86. The number of para-hydroxylation sites is 1. The van der Waals surface area contributed by atoms with Gasteiger partial charge in [0, 0.05) is 23.3 Å². The Balaban J connectivity index is 2.17. The number of ether oxygens (including phenoxy) is 2. The van der Waals surface area contributed by atoms with Gasteiger partial charge in [0.2, 0.25) is 0 Å². The molecule has 24 heavy (non-hydrogen) atoms. The summed E-state index contributed by atoms with van der Waals surface area (Å²) >= 11 is 3.44. The van der Waals surface area contributed by atoms with E-state index >= 15 is 0 Å². The summed E-state index contributed by atoms with van der Waals surface area (Å²) in [7, 11) is 1.53. The molecule has 7 heteroatoms. The van der Waals surface area contributed by atoms with E-state index in [1.54, 1.807) is 18.2 Å². The van der Waals surface area contributed by atoms with Crippen LogP contribution in [-0.2, 0) is 4.74 Å². The standard InChI is InChI=1S/C17H15BrF2N2O2/c1-10-15(22-9-11(18)7-8-14(22)21-10)16(23-2)12-5-3-4-6-13(12)24-17(19)20/h3-9,16-17H,1-2H3. The molecule has 3 aromatic rings. The van der Waals surface area contributed by atoms with Crippen LogP contribution in [0.25, 0.3) is 5.65 Å². The number of rotatable bonds is 5. The predicted molar refractivity (Wildman–Crippen MR) is 89.6 cm³/mol. The van der Waals surface area contributed by atoms with Crippen molar-refractivity contribution in [1.82, 2.24) is 9.38 Å². The van der Waals surface area contributed by atoms with Gasteiger partial charge in [-0.05, 0) is 41.1 Å². The zero-order valence-corrected chi connectivity index (χ0v) is 14.6. The van der Waals surface area contributed by atoms with E-state index in [-0.39, 0.29) is 5.75 Å². The maximum absolute atomic E-state index is 12.7. The molecule has 0 bridgehead atoms. The number of alkyl halides is 2. The van der Waals surface area contributed by atoms with Crippen molar-refractivity contribution in [1.29, 1.82) is 0 Å². The van der Waals surface area contributed by atoms with Crippen LogP contribution >= 0.6 is 15.9 Å². The monoisotopic (exact) mass is 396 g/mol. The summed E-state index contributed by atoms with van der Waals surface area (Å²) in [5.74, 6) is 0.0868. The van der Waals surface area contributed by atoms with Gasteiger partial charge in [0.1, 0.15) is 17.5 Å². The van der Waals surface area contributed by atoms with Gasteiger partial charge in [-0.15, -0.1) is 0 Å². The number of imidazole rings is 1. The van der Waals surface area contributed by atoms with E-state index in [1.807, 2.05) is 29.7 Å². The van der Waals surface area contributed by atoms with Gasteiger partial charge in [0.05, 0.1) is 11.4 Å². The molecule has 2 heterocycles. The molecule has 126 valence electrons. The topological polar surface area (TPSA) is 35.8 Å². The van der Waals surface area contributed by atoms with E-state index in [0.717, 1.165) is 21.5 Å². The predicted octanol–water partition coefficient (Wildman–Crippen LogP) is 4.74. The number of halogens is 3. The molecule has 2 aromatic heterocycles. The van der Waals surface area contributed by atoms with Gasteiger partial charge in [-0.1, -0.05) is 18.2 Å². The molecule has 1 aromatic carbocycles. The largest absolute Gasteiger partial charge is 0.434 e. The Bertz CT molecular complexity index is 867. The van der Waals surface area contributed by atoms with Crippen molar-refractivity contribution in [3.63, 3.8) is 0 Å². The van der Waals surface area contributed by atoms with Crippen molar-refractivity contribution >= 4 is 21.6 Å².